The summed E-state index contributed by atoms with van der Waals surface area (Å²) in [4.78, 5) is 0. The second-order valence-corrected chi connectivity index (χ2v) is 5.89. The predicted molar refractivity (Wildman–Crippen MR) is 93.6 cm³/mol. The van der Waals surface area contributed by atoms with Crippen molar-refractivity contribution in [3.8, 4) is 11.5 Å². The Morgan fingerprint density at radius 3 is 2.50 bits per heavy atom. The summed E-state index contributed by atoms with van der Waals surface area (Å²) < 4.78 is 7.77. The molecular formula is C20H18N2O2. The number of aromatic nitrogens is 2. The van der Waals surface area contributed by atoms with Crippen molar-refractivity contribution in [1.29, 1.82) is 0 Å². The highest BCUT2D eigenvalue weighted by molar-refractivity contribution is 5.92. The van der Waals surface area contributed by atoms with Gasteiger partial charge in [-0.1, -0.05) is 48.5 Å². The molecule has 1 unspecified atom stereocenters. The zero-order valence-electron chi connectivity index (χ0n) is 13.4. The van der Waals surface area contributed by atoms with Gasteiger partial charge in [0, 0.05) is 5.39 Å². The molecule has 0 amide bonds. The van der Waals surface area contributed by atoms with E-state index in [2.05, 4.69) is 18.2 Å². The van der Waals surface area contributed by atoms with Gasteiger partial charge in [0.1, 0.15) is 17.6 Å². The smallest absolute Gasteiger partial charge is 0.155 e. The number of rotatable bonds is 4. The van der Waals surface area contributed by atoms with Crippen molar-refractivity contribution < 1.29 is 9.52 Å². The molecule has 2 heterocycles. The summed E-state index contributed by atoms with van der Waals surface area (Å²) in [6.07, 6.45) is -0.628. The molecule has 0 aliphatic carbocycles. The van der Waals surface area contributed by atoms with Gasteiger partial charge in [0.25, 0.3) is 0 Å². The monoisotopic (exact) mass is 318 g/mol. The minimum atomic E-state index is -0.628. The van der Waals surface area contributed by atoms with Gasteiger partial charge in [0.2, 0.25) is 0 Å². The summed E-state index contributed by atoms with van der Waals surface area (Å²) in [5, 5.41) is 15.5. The van der Waals surface area contributed by atoms with Crippen molar-refractivity contribution in [2.24, 2.45) is 0 Å². The minimum Gasteiger partial charge on any atom is -0.457 e. The summed E-state index contributed by atoms with van der Waals surface area (Å²) in [6.45, 7) is 2.39. The van der Waals surface area contributed by atoms with Gasteiger partial charge in [0.15, 0.2) is 5.76 Å². The quantitative estimate of drug-likeness (QED) is 0.607. The molecule has 4 heteroatoms. The Hall–Kier alpha value is -2.85. The molecular weight excluding hydrogens is 300 g/mol. The normalized spacial score (nSPS) is 12.6. The van der Waals surface area contributed by atoms with E-state index in [4.69, 9.17) is 9.52 Å². The Labute approximate surface area is 140 Å². The van der Waals surface area contributed by atoms with Crippen molar-refractivity contribution in [3.63, 3.8) is 0 Å². The number of fused-ring (bicyclic) bond motifs is 1. The van der Waals surface area contributed by atoms with Crippen molar-refractivity contribution >= 4 is 10.9 Å². The number of furan rings is 1. The van der Waals surface area contributed by atoms with Crippen molar-refractivity contribution in [2.45, 2.75) is 19.6 Å². The van der Waals surface area contributed by atoms with Crippen LogP contribution in [0.2, 0.25) is 0 Å². The second kappa shape index (κ2) is 5.98. The lowest BCUT2D eigenvalue weighted by Crippen LogP contribution is -2.01. The van der Waals surface area contributed by atoms with Crippen molar-refractivity contribution in [3.05, 3.63) is 78.1 Å². The Bertz CT molecular complexity index is 968. The molecule has 120 valence electrons. The third-order valence-corrected chi connectivity index (χ3v) is 4.11. The topological polar surface area (TPSA) is 51.2 Å². The molecule has 1 atom stereocenters. The van der Waals surface area contributed by atoms with Crippen LogP contribution in [0.25, 0.3) is 22.4 Å². The summed E-state index contributed by atoms with van der Waals surface area (Å²) in [5.74, 6) is 1.22. The second-order valence-electron chi connectivity index (χ2n) is 5.89. The largest absolute Gasteiger partial charge is 0.457 e. The van der Waals surface area contributed by atoms with Crippen LogP contribution in [-0.4, -0.2) is 14.9 Å². The first-order valence-electron chi connectivity index (χ1n) is 8.00. The van der Waals surface area contributed by atoms with Crippen molar-refractivity contribution in [1.82, 2.24) is 9.78 Å². The molecule has 0 spiro atoms. The van der Waals surface area contributed by atoms with E-state index >= 15 is 0 Å². The van der Waals surface area contributed by atoms with Gasteiger partial charge in [-0.3, -0.25) is 4.68 Å². The molecule has 0 saturated heterocycles. The third-order valence-electron chi connectivity index (χ3n) is 4.11. The van der Waals surface area contributed by atoms with Crippen LogP contribution in [0.15, 0.2) is 71.1 Å². The van der Waals surface area contributed by atoms with E-state index in [9.17, 15) is 5.11 Å². The van der Waals surface area contributed by atoms with E-state index < -0.39 is 6.10 Å². The zero-order valence-corrected chi connectivity index (χ0v) is 13.4. The molecule has 4 rings (SSSR count). The van der Waals surface area contributed by atoms with Gasteiger partial charge in [-0.25, -0.2) is 0 Å². The molecule has 24 heavy (non-hydrogen) atoms. The molecule has 0 bridgehead atoms. The first kappa shape index (κ1) is 14.7. The lowest BCUT2D eigenvalue weighted by molar-refractivity contribution is 0.170. The summed E-state index contributed by atoms with van der Waals surface area (Å²) in [7, 11) is 0. The SMILES string of the molecule is CC(O)c1ccc(-c2nn(Cc3ccccc3)c3ccccc23)o1. The molecule has 4 nitrogen and oxygen atoms in total. The number of hydrogen-bond acceptors (Lipinski definition) is 3. The average molecular weight is 318 g/mol. The van der Waals surface area contributed by atoms with Crippen LogP contribution >= 0.6 is 0 Å². The third kappa shape index (κ3) is 2.61. The van der Waals surface area contributed by atoms with Crippen LogP contribution in [0.5, 0.6) is 0 Å². The van der Waals surface area contributed by atoms with Gasteiger partial charge in [-0.15, -0.1) is 0 Å². The Morgan fingerprint density at radius 1 is 1.00 bits per heavy atom. The highest BCUT2D eigenvalue weighted by Crippen LogP contribution is 2.31. The number of para-hydroxylation sites is 1. The molecule has 0 aliphatic heterocycles. The van der Waals surface area contributed by atoms with Crippen LogP contribution in [0.4, 0.5) is 0 Å². The van der Waals surface area contributed by atoms with Crippen LogP contribution in [-0.2, 0) is 6.54 Å². The van der Waals surface area contributed by atoms with Gasteiger partial charge in [-0.05, 0) is 30.7 Å². The Balaban J connectivity index is 1.81. The highest BCUT2D eigenvalue weighted by Gasteiger charge is 2.16. The molecule has 2 aromatic carbocycles. The summed E-state index contributed by atoms with van der Waals surface area (Å²) in [5.41, 5.74) is 3.06. The number of aliphatic hydroxyl groups excluding tert-OH is 1. The fourth-order valence-electron chi connectivity index (χ4n) is 2.89. The van der Waals surface area contributed by atoms with Crippen LogP contribution < -0.4 is 0 Å². The Kier molecular flexibility index (Phi) is 3.67. The molecule has 4 aromatic rings. The van der Waals surface area contributed by atoms with E-state index in [1.54, 1.807) is 13.0 Å². The molecule has 0 saturated carbocycles. The average Bonchev–Trinajstić information content (AvgIpc) is 3.21. The van der Waals surface area contributed by atoms with Gasteiger partial charge in [-0.2, -0.15) is 5.10 Å². The fraction of sp³-hybridized carbons (Fsp3) is 0.150. The maximum absolute atomic E-state index is 9.68. The number of hydrogen-bond donors (Lipinski definition) is 1. The minimum absolute atomic E-state index is 0.548. The molecule has 0 radical (unpaired) electrons. The molecule has 1 N–H and O–H groups in total. The van der Waals surface area contributed by atoms with E-state index in [1.807, 2.05) is 47.1 Å². The lowest BCUT2D eigenvalue weighted by atomic mass is 10.2. The fourth-order valence-corrected chi connectivity index (χ4v) is 2.89. The van der Waals surface area contributed by atoms with E-state index in [-0.39, 0.29) is 0 Å². The van der Waals surface area contributed by atoms with Gasteiger partial charge < -0.3 is 9.52 Å². The summed E-state index contributed by atoms with van der Waals surface area (Å²) in [6, 6.07) is 22.0. The first-order valence-corrected chi connectivity index (χ1v) is 8.00. The molecule has 0 fully saturated rings. The van der Waals surface area contributed by atoms with E-state index in [1.165, 1.54) is 5.56 Å². The van der Waals surface area contributed by atoms with Gasteiger partial charge >= 0.3 is 0 Å². The molecule has 0 aliphatic rings. The first-order chi connectivity index (χ1) is 11.7. The summed E-state index contributed by atoms with van der Waals surface area (Å²) >= 11 is 0. The molecule has 2 aromatic heterocycles. The zero-order chi connectivity index (χ0) is 16.5. The maximum atomic E-state index is 9.68. The van der Waals surface area contributed by atoms with Crippen LogP contribution in [0, 0.1) is 0 Å². The predicted octanol–water partition coefficient (Wildman–Crippen LogP) is 4.40. The van der Waals surface area contributed by atoms with Crippen LogP contribution in [0.3, 0.4) is 0 Å². The van der Waals surface area contributed by atoms with E-state index in [0.29, 0.717) is 18.1 Å². The number of nitrogens with zero attached hydrogens (tertiary/aromatic N) is 2. The van der Waals surface area contributed by atoms with Crippen molar-refractivity contribution in [2.75, 3.05) is 0 Å². The highest BCUT2D eigenvalue weighted by atomic mass is 16.4. The standard InChI is InChI=1S/C20H18N2O2/c1-14(23)18-11-12-19(24-18)20-16-9-5-6-10-17(16)22(21-20)13-15-7-3-2-4-8-15/h2-12,14,23H,13H2,1H3. The van der Waals surface area contributed by atoms with Crippen LogP contribution in [0.1, 0.15) is 24.4 Å². The number of benzene rings is 2. The van der Waals surface area contributed by atoms with Gasteiger partial charge in [0.05, 0.1) is 12.1 Å². The lowest BCUT2D eigenvalue weighted by Gasteiger charge is -2.03. The number of aliphatic hydroxyl groups is 1. The Morgan fingerprint density at radius 2 is 1.75 bits per heavy atom. The maximum Gasteiger partial charge on any atom is 0.155 e. The van der Waals surface area contributed by atoms with E-state index in [0.717, 1.165) is 16.6 Å².